The maximum absolute atomic E-state index is 12.9. The van der Waals surface area contributed by atoms with Crippen molar-refractivity contribution in [1.82, 2.24) is 9.80 Å². The monoisotopic (exact) mass is 599 g/mol. The molecule has 0 aliphatic carbocycles. The zero-order valence-electron chi connectivity index (χ0n) is 25.8. The van der Waals surface area contributed by atoms with Crippen LogP contribution in [0.5, 0.6) is 5.75 Å². The van der Waals surface area contributed by atoms with Gasteiger partial charge in [0.2, 0.25) is 0 Å². The molecule has 6 rings (SSSR count). The molecule has 7 heteroatoms. The summed E-state index contributed by atoms with van der Waals surface area (Å²) in [5.74, 6) is -1.13. The van der Waals surface area contributed by atoms with E-state index in [-0.39, 0.29) is 17.7 Å². The van der Waals surface area contributed by atoms with Gasteiger partial charge in [0, 0.05) is 57.4 Å². The van der Waals surface area contributed by atoms with Crippen molar-refractivity contribution in [3.05, 3.63) is 120 Å². The van der Waals surface area contributed by atoms with Crippen molar-refractivity contribution in [3.63, 3.8) is 0 Å². The van der Waals surface area contributed by atoms with Crippen LogP contribution in [-0.4, -0.2) is 72.2 Å². The van der Waals surface area contributed by atoms with Gasteiger partial charge in [-0.15, -0.1) is 0 Å². The molecule has 1 unspecified atom stereocenters. The molecule has 1 fully saturated rings. The van der Waals surface area contributed by atoms with Crippen molar-refractivity contribution in [2.24, 2.45) is 0 Å². The molecule has 228 valence electrons. The zero-order chi connectivity index (χ0) is 31.7. The third-order valence-electron chi connectivity index (χ3n) is 8.92. The molecule has 5 aromatic carbocycles. The number of carbonyl (C=O) groups is 2. The van der Waals surface area contributed by atoms with Gasteiger partial charge in [-0.2, -0.15) is 0 Å². The second-order valence-corrected chi connectivity index (χ2v) is 11.8. The number of hydrogen-bond donors (Lipinski definition) is 2. The molecule has 45 heavy (non-hydrogen) atoms. The number of hydrogen-bond acceptors (Lipinski definition) is 5. The Morgan fingerprint density at radius 3 is 1.87 bits per heavy atom. The molecule has 1 saturated heterocycles. The Morgan fingerprint density at radius 2 is 1.29 bits per heavy atom. The van der Waals surface area contributed by atoms with Gasteiger partial charge < -0.3 is 20.0 Å². The highest BCUT2D eigenvalue weighted by molar-refractivity contribution is 6.09. The second kappa shape index (κ2) is 12.5. The Labute approximate surface area is 263 Å². The van der Waals surface area contributed by atoms with Crippen molar-refractivity contribution in [2.75, 3.05) is 45.2 Å². The predicted octanol–water partition coefficient (Wildman–Crippen LogP) is 7.16. The number of anilines is 1. The van der Waals surface area contributed by atoms with Crippen LogP contribution in [0.4, 0.5) is 5.69 Å². The average molecular weight is 600 g/mol. The van der Waals surface area contributed by atoms with Crippen LogP contribution >= 0.6 is 0 Å². The summed E-state index contributed by atoms with van der Waals surface area (Å²) in [5.41, 5.74) is 7.04. The number of carboxylic acid groups (broad SMARTS) is 1. The van der Waals surface area contributed by atoms with Gasteiger partial charge in [-0.3, -0.25) is 9.69 Å². The van der Waals surface area contributed by atoms with E-state index in [1.54, 1.807) is 32.3 Å². The van der Waals surface area contributed by atoms with Crippen LogP contribution in [0.25, 0.3) is 33.0 Å². The summed E-state index contributed by atoms with van der Waals surface area (Å²) in [6.45, 7) is 5.89. The standard InChI is InChI=1S/C38H37N3O4/c1-25(40-20-22-41(23-21-40)31-18-16-30(17-19-31)38(44)45)26-8-10-27(11-9-26)28-12-14-29(15-13-28)34-24-35(37(43)39(2)3)36(42)33-7-5-4-6-32(33)34/h4-19,24-25,42H,20-23H2,1-3H3,(H,44,45). The van der Waals surface area contributed by atoms with Gasteiger partial charge in [0.1, 0.15) is 5.75 Å². The minimum atomic E-state index is -0.904. The molecule has 0 spiro atoms. The lowest BCUT2D eigenvalue weighted by molar-refractivity contribution is 0.0696. The second-order valence-electron chi connectivity index (χ2n) is 11.8. The van der Waals surface area contributed by atoms with Gasteiger partial charge >= 0.3 is 5.97 Å². The van der Waals surface area contributed by atoms with Crippen LogP contribution in [0.15, 0.2) is 103 Å². The highest BCUT2D eigenvalue weighted by atomic mass is 16.4. The smallest absolute Gasteiger partial charge is 0.335 e. The highest BCUT2D eigenvalue weighted by Crippen LogP contribution is 2.38. The van der Waals surface area contributed by atoms with Gasteiger partial charge in [-0.25, -0.2) is 4.79 Å². The molecule has 1 amide bonds. The number of phenolic OH excluding ortho intramolecular Hbond substituents is 1. The first kappa shape index (κ1) is 29.9. The van der Waals surface area contributed by atoms with Gasteiger partial charge in [0.05, 0.1) is 11.1 Å². The predicted molar refractivity (Wildman–Crippen MR) is 180 cm³/mol. The lowest BCUT2D eigenvalue weighted by Crippen LogP contribution is -2.47. The molecule has 0 aromatic heterocycles. The molecule has 1 aliphatic heterocycles. The zero-order valence-corrected chi connectivity index (χ0v) is 25.8. The van der Waals surface area contributed by atoms with Crippen molar-refractivity contribution >= 4 is 28.3 Å². The summed E-state index contributed by atoms with van der Waals surface area (Å²) in [5, 5.41) is 21.6. The Hall–Kier alpha value is -5.14. The SMILES string of the molecule is CC(c1ccc(-c2ccc(-c3cc(C(=O)N(C)C)c(O)c4ccccc34)cc2)cc1)N1CCN(c2ccc(C(=O)O)cc2)CC1. The number of aromatic hydroxyl groups is 1. The van der Waals surface area contributed by atoms with Crippen molar-refractivity contribution in [3.8, 4) is 28.0 Å². The summed E-state index contributed by atoms with van der Waals surface area (Å²) in [6.07, 6.45) is 0. The summed E-state index contributed by atoms with van der Waals surface area (Å²) in [6, 6.07) is 33.9. The van der Waals surface area contributed by atoms with E-state index in [1.165, 1.54) is 10.5 Å². The molecule has 1 aliphatic rings. The van der Waals surface area contributed by atoms with E-state index in [0.29, 0.717) is 16.5 Å². The van der Waals surface area contributed by atoms with Crippen molar-refractivity contribution < 1.29 is 19.8 Å². The minimum Gasteiger partial charge on any atom is -0.506 e. The lowest BCUT2D eigenvalue weighted by Gasteiger charge is -2.39. The van der Waals surface area contributed by atoms with Crippen LogP contribution in [0.1, 0.15) is 39.2 Å². The van der Waals surface area contributed by atoms with Crippen molar-refractivity contribution in [2.45, 2.75) is 13.0 Å². The summed E-state index contributed by atoms with van der Waals surface area (Å²) < 4.78 is 0. The van der Waals surface area contributed by atoms with E-state index >= 15 is 0 Å². The first-order chi connectivity index (χ1) is 21.7. The van der Waals surface area contributed by atoms with Crippen molar-refractivity contribution in [1.29, 1.82) is 0 Å². The quantitative estimate of drug-likeness (QED) is 0.207. The highest BCUT2D eigenvalue weighted by Gasteiger charge is 2.23. The van der Waals surface area contributed by atoms with E-state index in [2.05, 4.69) is 65.3 Å². The van der Waals surface area contributed by atoms with E-state index in [1.807, 2.05) is 36.4 Å². The topological polar surface area (TPSA) is 84.3 Å². The fourth-order valence-electron chi connectivity index (χ4n) is 6.19. The number of phenols is 1. The van der Waals surface area contributed by atoms with Crippen LogP contribution in [0, 0.1) is 0 Å². The van der Waals surface area contributed by atoms with E-state index in [9.17, 15) is 14.7 Å². The molecule has 0 radical (unpaired) electrons. The maximum atomic E-state index is 12.9. The first-order valence-corrected chi connectivity index (χ1v) is 15.2. The fourth-order valence-corrected chi connectivity index (χ4v) is 6.19. The maximum Gasteiger partial charge on any atom is 0.335 e. The van der Waals surface area contributed by atoms with E-state index in [4.69, 9.17) is 5.11 Å². The lowest BCUT2D eigenvalue weighted by atomic mass is 9.93. The number of carbonyl (C=O) groups excluding carboxylic acids is 1. The summed E-state index contributed by atoms with van der Waals surface area (Å²) >= 11 is 0. The molecule has 0 saturated carbocycles. The molecule has 1 atom stereocenters. The average Bonchev–Trinajstić information content (AvgIpc) is 3.08. The summed E-state index contributed by atoms with van der Waals surface area (Å²) in [7, 11) is 3.37. The van der Waals surface area contributed by atoms with Gasteiger partial charge in [-0.1, -0.05) is 72.8 Å². The fraction of sp³-hybridized carbons (Fsp3) is 0.211. The number of fused-ring (bicyclic) bond motifs is 1. The first-order valence-electron chi connectivity index (χ1n) is 15.2. The van der Waals surface area contributed by atoms with E-state index < -0.39 is 5.97 Å². The Kier molecular flexibility index (Phi) is 8.28. The number of carboxylic acids is 1. The van der Waals surface area contributed by atoms with Crippen LogP contribution in [0.3, 0.4) is 0 Å². The third kappa shape index (κ3) is 5.99. The number of rotatable bonds is 7. The van der Waals surface area contributed by atoms with Gasteiger partial charge in [-0.05, 0) is 70.5 Å². The molecule has 0 bridgehead atoms. The molecular formula is C38H37N3O4. The Balaban J connectivity index is 1.16. The third-order valence-corrected chi connectivity index (χ3v) is 8.92. The molecule has 1 heterocycles. The van der Waals surface area contributed by atoms with E-state index in [0.717, 1.165) is 59.5 Å². The molecule has 7 nitrogen and oxygen atoms in total. The number of nitrogens with zero attached hydrogens (tertiary/aromatic N) is 3. The van der Waals surface area contributed by atoms with Crippen LogP contribution < -0.4 is 4.90 Å². The normalized spacial score (nSPS) is 14.3. The number of amides is 1. The molecule has 5 aromatic rings. The molecular weight excluding hydrogens is 562 g/mol. The minimum absolute atomic E-state index is 0.00754. The Bertz CT molecular complexity index is 1840. The molecule has 2 N–H and O–H groups in total. The van der Waals surface area contributed by atoms with Gasteiger partial charge in [0.15, 0.2) is 0 Å². The van der Waals surface area contributed by atoms with Crippen LogP contribution in [-0.2, 0) is 0 Å². The number of aromatic carboxylic acids is 1. The van der Waals surface area contributed by atoms with Crippen LogP contribution in [0.2, 0.25) is 0 Å². The largest absolute Gasteiger partial charge is 0.506 e. The Morgan fingerprint density at radius 1 is 0.733 bits per heavy atom. The van der Waals surface area contributed by atoms with Gasteiger partial charge in [0.25, 0.3) is 5.91 Å². The number of benzene rings is 5. The summed E-state index contributed by atoms with van der Waals surface area (Å²) in [4.78, 5) is 30.3. The number of piperazine rings is 1.